The van der Waals surface area contributed by atoms with Gasteiger partial charge in [-0.25, -0.2) is 0 Å². The van der Waals surface area contributed by atoms with E-state index in [1.807, 2.05) is 18.2 Å². The van der Waals surface area contributed by atoms with Gasteiger partial charge in [-0.05, 0) is 43.7 Å². The van der Waals surface area contributed by atoms with Crippen LogP contribution in [-0.2, 0) is 11.2 Å². The van der Waals surface area contributed by atoms with E-state index in [1.54, 1.807) is 0 Å². The van der Waals surface area contributed by atoms with Gasteiger partial charge in [-0.3, -0.25) is 4.79 Å². The molecule has 0 aromatic heterocycles. The number of carbonyl (C=O) groups is 1. The summed E-state index contributed by atoms with van der Waals surface area (Å²) in [5.41, 5.74) is 2.13. The smallest absolute Gasteiger partial charge is 0.162 e. The van der Waals surface area contributed by atoms with E-state index in [1.165, 1.54) is 18.4 Å². The van der Waals surface area contributed by atoms with Crippen molar-refractivity contribution < 1.29 is 9.53 Å². The molecule has 1 aromatic carbocycles. The fraction of sp³-hybridized carbons (Fsp3) is 0.588. The highest BCUT2D eigenvalue weighted by Gasteiger charge is 2.16. The molecule has 2 rings (SSSR count). The normalized spacial score (nSPS) is 19.3. The zero-order valence-electron chi connectivity index (χ0n) is 11.9. The van der Waals surface area contributed by atoms with Gasteiger partial charge in [0.05, 0.1) is 6.10 Å². The predicted molar refractivity (Wildman–Crippen MR) is 77.6 cm³/mol. The molecule has 1 fully saturated rings. The van der Waals surface area contributed by atoms with E-state index in [4.69, 9.17) is 4.74 Å². The molecule has 19 heavy (non-hydrogen) atoms. The van der Waals surface area contributed by atoms with Crippen LogP contribution in [0.5, 0.6) is 0 Å². The molecule has 1 saturated heterocycles. The number of ketones is 1. The molecular formula is C17H24O2. The first-order chi connectivity index (χ1) is 9.29. The Hall–Kier alpha value is -1.15. The van der Waals surface area contributed by atoms with Gasteiger partial charge < -0.3 is 4.74 Å². The number of carbonyl (C=O) groups excluding carboxylic acids is 1. The molecule has 0 saturated carbocycles. The lowest BCUT2D eigenvalue weighted by Gasteiger charge is -2.22. The van der Waals surface area contributed by atoms with Gasteiger partial charge in [0, 0.05) is 18.6 Å². The Morgan fingerprint density at radius 2 is 2.26 bits per heavy atom. The van der Waals surface area contributed by atoms with E-state index in [-0.39, 0.29) is 5.78 Å². The summed E-state index contributed by atoms with van der Waals surface area (Å²) < 4.78 is 5.67. The van der Waals surface area contributed by atoms with E-state index >= 15 is 0 Å². The number of rotatable bonds is 6. The van der Waals surface area contributed by atoms with Crippen molar-refractivity contribution in [2.75, 3.05) is 6.61 Å². The number of ether oxygens (including phenoxy) is 1. The lowest BCUT2D eigenvalue weighted by Crippen LogP contribution is -2.20. The number of Topliss-reactive ketones (excluding diaryl/α,β-unsaturated/α-hetero) is 1. The maximum atomic E-state index is 12.2. The molecule has 0 bridgehead atoms. The van der Waals surface area contributed by atoms with Crippen LogP contribution in [0.1, 0.15) is 61.4 Å². The lowest BCUT2D eigenvalue weighted by atomic mass is 9.98. The first-order valence-electron chi connectivity index (χ1n) is 7.53. The summed E-state index contributed by atoms with van der Waals surface area (Å²) in [7, 11) is 0. The molecule has 2 heteroatoms. The van der Waals surface area contributed by atoms with Gasteiger partial charge in [0.2, 0.25) is 0 Å². The van der Waals surface area contributed by atoms with Crippen LogP contribution in [0.4, 0.5) is 0 Å². The molecule has 104 valence electrons. The minimum atomic E-state index is 0.257. The molecule has 0 radical (unpaired) electrons. The Labute approximate surface area is 116 Å². The topological polar surface area (TPSA) is 26.3 Å². The minimum absolute atomic E-state index is 0.257. The van der Waals surface area contributed by atoms with E-state index in [0.29, 0.717) is 12.5 Å². The van der Waals surface area contributed by atoms with Gasteiger partial charge in [-0.15, -0.1) is 0 Å². The maximum absolute atomic E-state index is 12.2. The average molecular weight is 260 g/mol. The molecule has 0 aliphatic carbocycles. The average Bonchev–Trinajstić information content (AvgIpc) is 2.46. The van der Waals surface area contributed by atoms with Crippen LogP contribution >= 0.6 is 0 Å². The van der Waals surface area contributed by atoms with Gasteiger partial charge >= 0.3 is 0 Å². The highest BCUT2D eigenvalue weighted by atomic mass is 16.5. The Morgan fingerprint density at radius 1 is 1.37 bits per heavy atom. The van der Waals surface area contributed by atoms with Crippen LogP contribution in [0.15, 0.2) is 24.3 Å². The van der Waals surface area contributed by atoms with Crippen molar-refractivity contribution in [1.29, 1.82) is 0 Å². The number of benzene rings is 1. The zero-order valence-corrected chi connectivity index (χ0v) is 11.9. The van der Waals surface area contributed by atoms with Crippen LogP contribution in [0.2, 0.25) is 0 Å². The van der Waals surface area contributed by atoms with Crippen molar-refractivity contribution in [1.82, 2.24) is 0 Å². The van der Waals surface area contributed by atoms with Gasteiger partial charge in [0.1, 0.15) is 0 Å². The molecule has 0 N–H and O–H groups in total. The Kier molecular flexibility index (Phi) is 5.59. The second-order valence-corrected chi connectivity index (χ2v) is 5.40. The molecule has 1 heterocycles. The van der Waals surface area contributed by atoms with Crippen LogP contribution in [-0.4, -0.2) is 18.5 Å². The van der Waals surface area contributed by atoms with Crippen LogP contribution < -0.4 is 0 Å². The quantitative estimate of drug-likeness (QED) is 0.717. The van der Waals surface area contributed by atoms with E-state index < -0.39 is 0 Å². The SMILES string of the molecule is CCCc1cccc(C(=O)CCC2CCCCO2)c1. The Balaban J connectivity index is 1.86. The van der Waals surface area contributed by atoms with Crippen LogP contribution in [0, 0.1) is 0 Å². The first-order valence-corrected chi connectivity index (χ1v) is 7.53. The van der Waals surface area contributed by atoms with Gasteiger partial charge in [-0.2, -0.15) is 0 Å². The third-order valence-corrected chi connectivity index (χ3v) is 3.75. The number of hydrogen-bond acceptors (Lipinski definition) is 2. The van der Waals surface area contributed by atoms with Gasteiger partial charge in [0.15, 0.2) is 5.78 Å². The summed E-state index contributed by atoms with van der Waals surface area (Å²) in [6.07, 6.45) is 7.48. The molecule has 2 nitrogen and oxygen atoms in total. The fourth-order valence-electron chi connectivity index (χ4n) is 2.66. The molecular weight excluding hydrogens is 236 g/mol. The molecule has 1 aliphatic heterocycles. The summed E-state index contributed by atoms with van der Waals surface area (Å²) in [4.78, 5) is 12.2. The second kappa shape index (κ2) is 7.44. The summed E-state index contributed by atoms with van der Waals surface area (Å²) in [6, 6.07) is 8.08. The summed E-state index contributed by atoms with van der Waals surface area (Å²) in [5, 5.41) is 0. The van der Waals surface area contributed by atoms with Crippen molar-refractivity contribution >= 4 is 5.78 Å². The largest absolute Gasteiger partial charge is 0.378 e. The molecule has 0 amide bonds. The van der Waals surface area contributed by atoms with E-state index in [9.17, 15) is 4.79 Å². The monoisotopic (exact) mass is 260 g/mol. The highest BCUT2D eigenvalue weighted by Crippen LogP contribution is 2.18. The van der Waals surface area contributed by atoms with Crippen molar-refractivity contribution in [3.63, 3.8) is 0 Å². The van der Waals surface area contributed by atoms with Gasteiger partial charge in [-0.1, -0.05) is 31.5 Å². The van der Waals surface area contributed by atoms with E-state index in [0.717, 1.165) is 37.9 Å². The van der Waals surface area contributed by atoms with Crippen LogP contribution in [0.3, 0.4) is 0 Å². The second-order valence-electron chi connectivity index (χ2n) is 5.40. The van der Waals surface area contributed by atoms with Crippen molar-refractivity contribution in [3.05, 3.63) is 35.4 Å². The minimum Gasteiger partial charge on any atom is -0.378 e. The van der Waals surface area contributed by atoms with Crippen molar-refractivity contribution in [2.45, 2.75) is 58.0 Å². The summed E-state index contributed by atoms with van der Waals surface area (Å²) in [5.74, 6) is 0.257. The lowest BCUT2D eigenvalue weighted by molar-refractivity contribution is 0.0104. The van der Waals surface area contributed by atoms with Gasteiger partial charge in [0.25, 0.3) is 0 Å². The number of aryl methyl sites for hydroxylation is 1. The van der Waals surface area contributed by atoms with Crippen molar-refractivity contribution in [2.24, 2.45) is 0 Å². The highest BCUT2D eigenvalue weighted by molar-refractivity contribution is 5.96. The Bertz CT molecular complexity index is 405. The zero-order chi connectivity index (χ0) is 13.5. The van der Waals surface area contributed by atoms with Crippen molar-refractivity contribution in [3.8, 4) is 0 Å². The van der Waals surface area contributed by atoms with Crippen LogP contribution in [0.25, 0.3) is 0 Å². The molecule has 1 atom stereocenters. The molecule has 1 aliphatic rings. The molecule has 1 aromatic rings. The number of hydrogen-bond donors (Lipinski definition) is 0. The molecule has 1 unspecified atom stereocenters. The fourth-order valence-corrected chi connectivity index (χ4v) is 2.66. The third kappa shape index (κ3) is 4.46. The third-order valence-electron chi connectivity index (χ3n) is 3.75. The predicted octanol–water partition coefficient (Wildman–Crippen LogP) is 4.17. The standard InChI is InChI=1S/C17H24O2/c1-2-6-14-7-5-8-15(13-14)17(18)11-10-16-9-3-4-12-19-16/h5,7-8,13,16H,2-4,6,9-12H2,1H3. The molecule has 0 spiro atoms. The first kappa shape index (κ1) is 14.3. The summed E-state index contributed by atoms with van der Waals surface area (Å²) in [6.45, 7) is 3.03. The summed E-state index contributed by atoms with van der Waals surface area (Å²) >= 11 is 0. The maximum Gasteiger partial charge on any atom is 0.162 e. The van der Waals surface area contributed by atoms with E-state index in [2.05, 4.69) is 13.0 Å². The Morgan fingerprint density at radius 3 is 3.00 bits per heavy atom.